The van der Waals surface area contributed by atoms with E-state index in [0.717, 1.165) is 33.4 Å². The fraction of sp³-hybridized carbons (Fsp3) is 0.500. The summed E-state index contributed by atoms with van der Waals surface area (Å²) in [6.07, 6.45) is -0.498. The third-order valence-corrected chi connectivity index (χ3v) is 4.88. The molecule has 0 bridgehead atoms. The van der Waals surface area contributed by atoms with Gasteiger partial charge < -0.3 is 20.5 Å². The molecule has 1 unspecified atom stereocenters. The zero-order valence-electron chi connectivity index (χ0n) is 16.7. The van der Waals surface area contributed by atoms with Crippen LogP contribution in [0.3, 0.4) is 0 Å². The zero-order valence-corrected chi connectivity index (χ0v) is 17.6. The summed E-state index contributed by atoms with van der Waals surface area (Å²) in [5.41, 5.74) is 1.87. The molecule has 27 heavy (non-hydrogen) atoms. The number of aliphatic hydroxyl groups is 1. The number of hydrogen-bond acceptors (Lipinski definition) is 5. The van der Waals surface area contributed by atoms with Crippen molar-refractivity contribution >= 4 is 17.3 Å². The molecular weight excluding hydrogens is 360 g/mol. The van der Waals surface area contributed by atoms with Gasteiger partial charge in [-0.3, -0.25) is 0 Å². The minimum atomic E-state index is -0.630. The van der Waals surface area contributed by atoms with E-state index in [9.17, 15) is 5.11 Å². The molecule has 2 rings (SSSR count). The maximum Gasteiger partial charge on any atom is 0.191 e. The molecule has 1 aromatic heterocycles. The molecule has 148 valence electrons. The Labute approximate surface area is 165 Å². The molecule has 7 heteroatoms. The van der Waals surface area contributed by atoms with Gasteiger partial charge in [0.2, 0.25) is 0 Å². The van der Waals surface area contributed by atoms with Crippen LogP contribution in [0.2, 0.25) is 0 Å². The van der Waals surface area contributed by atoms with Crippen LogP contribution in [0.25, 0.3) is 0 Å². The topological polar surface area (TPSA) is 78.8 Å². The number of guanidine groups is 1. The number of nitrogens with zero attached hydrogens (tertiary/aromatic N) is 2. The smallest absolute Gasteiger partial charge is 0.191 e. The summed E-state index contributed by atoms with van der Waals surface area (Å²) in [4.78, 5) is 10.2. The maximum atomic E-state index is 10.4. The van der Waals surface area contributed by atoms with E-state index in [1.165, 1.54) is 0 Å². The van der Waals surface area contributed by atoms with E-state index in [4.69, 9.17) is 4.74 Å². The number of thiazole rings is 1. The van der Waals surface area contributed by atoms with Crippen molar-refractivity contribution in [2.75, 3.05) is 13.1 Å². The highest BCUT2D eigenvalue weighted by Crippen LogP contribution is 2.19. The third kappa shape index (κ3) is 6.84. The number of nitrogens with one attached hydrogen (secondary N) is 2. The average molecular weight is 391 g/mol. The van der Waals surface area contributed by atoms with Gasteiger partial charge in [-0.15, -0.1) is 11.3 Å². The molecule has 0 aliphatic heterocycles. The first-order valence-electron chi connectivity index (χ1n) is 9.28. The van der Waals surface area contributed by atoms with Gasteiger partial charge in [0.25, 0.3) is 0 Å². The summed E-state index contributed by atoms with van der Waals surface area (Å²) in [5, 5.41) is 17.9. The van der Waals surface area contributed by atoms with E-state index < -0.39 is 6.10 Å². The van der Waals surface area contributed by atoms with Crippen LogP contribution in [0.4, 0.5) is 0 Å². The highest BCUT2D eigenvalue weighted by molar-refractivity contribution is 7.11. The molecule has 0 saturated carbocycles. The van der Waals surface area contributed by atoms with Gasteiger partial charge in [0, 0.05) is 18.0 Å². The van der Waals surface area contributed by atoms with Crippen LogP contribution in [-0.4, -0.2) is 35.2 Å². The Bertz CT molecular complexity index is 741. The molecule has 0 amide bonds. The first-order valence-corrected chi connectivity index (χ1v) is 10.1. The van der Waals surface area contributed by atoms with Gasteiger partial charge >= 0.3 is 0 Å². The molecule has 0 aliphatic carbocycles. The van der Waals surface area contributed by atoms with Crippen LogP contribution in [-0.2, 0) is 6.54 Å². The van der Waals surface area contributed by atoms with Gasteiger partial charge in [0.15, 0.2) is 5.96 Å². The molecule has 1 heterocycles. The van der Waals surface area contributed by atoms with E-state index in [1.807, 2.05) is 58.9 Å². The number of benzene rings is 1. The van der Waals surface area contributed by atoms with Gasteiger partial charge in [-0.25, -0.2) is 9.98 Å². The van der Waals surface area contributed by atoms with Gasteiger partial charge in [-0.1, -0.05) is 12.1 Å². The third-order valence-electron chi connectivity index (χ3n) is 3.82. The number of aryl methyl sites for hydroxylation is 2. The summed E-state index contributed by atoms with van der Waals surface area (Å²) < 4.78 is 5.63. The van der Waals surface area contributed by atoms with Crippen LogP contribution < -0.4 is 15.4 Å². The van der Waals surface area contributed by atoms with E-state index in [2.05, 4.69) is 20.6 Å². The molecule has 1 atom stereocenters. The van der Waals surface area contributed by atoms with Crippen LogP contribution in [0, 0.1) is 13.8 Å². The summed E-state index contributed by atoms with van der Waals surface area (Å²) in [5.74, 6) is 1.49. The molecule has 2 aromatic rings. The molecule has 1 aromatic carbocycles. The Balaban J connectivity index is 1.93. The number of aliphatic hydroxyl groups excluding tert-OH is 1. The van der Waals surface area contributed by atoms with Gasteiger partial charge in [-0.05, 0) is 52.3 Å². The highest BCUT2D eigenvalue weighted by Gasteiger charge is 2.10. The Hall–Kier alpha value is -2.12. The van der Waals surface area contributed by atoms with Crippen molar-refractivity contribution in [2.24, 2.45) is 4.99 Å². The fourth-order valence-corrected chi connectivity index (χ4v) is 3.43. The van der Waals surface area contributed by atoms with Gasteiger partial charge in [0.1, 0.15) is 5.75 Å². The number of ether oxygens (including phenoxy) is 1. The summed E-state index contributed by atoms with van der Waals surface area (Å²) in [7, 11) is 0. The second-order valence-corrected chi connectivity index (χ2v) is 7.86. The summed E-state index contributed by atoms with van der Waals surface area (Å²) in [6, 6.07) is 7.54. The van der Waals surface area contributed by atoms with E-state index >= 15 is 0 Å². The number of aliphatic imine (C=N–C) groups is 1. The molecule has 0 fully saturated rings. The SMILES string of the molecule is CCNC(=NCc1sc(C)nc1C)NCC(O)c1ccc(OC(C)C)cc1. The average Bonchev–Trinajstić information content (AvgIpc) is 2.94. The normalized spacial score (nSPS) is 12.9. The minimum Gasteiger partial charge on any atom is -0.491 e. The van der Waals surface area contributed by atoms with Crippen LogP contribution in [0.1, 0.15) is 48.0 Å². The molecular formula is C20H30N4O2S. The van der Waals surface area contributed by atoms with Crippen molar-refractivity contribution in [1.29, 1.82) is 0 Å². The lowest BCUT2D eigenvalue weighted by Crippen LogP contribution is -2.39. The standard InChI is InChI=1S/C20H30N4O2S/c1-6-21-20(23-12-19-14(4)24-15(5)27-19)22-11-18(25)16-7-9-17(10-8-16)26-13(2)3/h7-10,13,18,25H,6,11-12H2,1-5H3,(H2,21,22,23). The highest BCUT2D eigenvalue weighted by atomic mass is 32.1. The van der Waals surface area contributed by atoms with Gasteiger partial charge in [0.05, 0.1) is 29.5 Å². The van der Waals surface area contributed by atoms with Crippen LogP contribution in [0.15, 0.2) is 29.3 Å². The van der Waals surface area contributed by atoms with Crippen molar-refractivity contribution < 1.29 is 9.84 Å². The number of aromatic nitrogens is 1. The van der Waals surface area contributed by atoms with Crippen LogP contribution in [0.5, 0.6) is 5.75 Å². The molecule has 3 N–H and O–H groups in total. The molecule has 0 saturated heterocycles. The fourth-order valence-electron chi connectivity index (χ4n) is 2.56. The Morgan fingerprint density at radius 1 is 1.22 bits per heavy atom. The van der Waals surface area contributed by atoms with E-state index in [1.54, 1.807) is 11.3 Å². The first kappa shape index (κ1) is 21.2. The van der Waals surface area contributed by atoms with E-state index in [0.29, 0.717) is 19.0 Å². The summed E-state index contributed by atoms with van der Waals surface area (Å²) in [6.45, 7) is 11.7. The number of rotatable bonds is 8. The van der Waals surface area contributed by atoms with Crippen molar-refractivity contribution in [3.8, 4) is 5.75 Å². The monoisotopic (exact) mass is 390 g/mol. The lowest BCUT2D eigenvalue weighted by Gasteiger charge is -2.16. The largest absolute Gasteiger partial charge is 0.491 e. The Morgan fingerprint density at radius 2 is 1.93 bits per heavy atom. The van der Waals surface area contributed by atoms with Crippen molar-refractivity contribution in [1.82, 2.24) is 15.6 Å². The second kappa shape index (κ2) is 10.3. The Kier molecular flexibility index (Phi) is 8.06. The lowest BCUT2D eigenvalue weighted by molar-refractivity contribution is 0.180. The molecule has 0 spiro atoms. The quantitative estimate of drug-likeness (QED) is 0.476. The summed E-state index contributed by atoms with van der Waals surface area (Å²) >= 11 is 1.67. The minimum absolute atomic E-state index is 0.132. The first-order chi connectivity index (χ1) is 12.9. The predicted molar refractivity (Wildman–Crippen MR) is 112 cm³/mol. The predicted octanol–water partition coefficient (Wildman–Crippen LogP) is 3.34. The second-order valence-electron chi connectivity index (χ2n) is 6.57. The van der Waals surface area contributed by atoms with E-state index in [-0.39, 0.29) is 6.10 Å². The molecule has 6 nitrogen and oxygen atoms in total. The zero-order chi connectivity index (χ0) is 19.8. The van der Waals surface area contributed by atoms with Crippen molar-refractivity contribution in [3.05, 3.63) is 45.4 Å². The lowest BCUT2D eigenvalue weighted by atomic mass is 10.1. The van der Waals surface area contributed by atoms with Crippen molar-refractivity contribution in [3.63, 3.8) is 0 Å². The Morgan fingerprint density at radius 3 is 2.48 bits per heavy atom. The molecule has 0 radical (unpaired) electrons. The molecule has 0 aliphatic rings. The maximum absolute atomic E-state index is 10.4. The van der Waals surface area contributed by atoms with Gasteiger partial charge in [-0.2, -0.15) is 0 Å². The van der Waals surface area contributed by atoms with Crippen LogP contribution >= 0.6 is 11.3 Å². The number of hydrogen-bond donors (Lipinski definition) is 3. The van der Waals surface area contributed by atoms with Crippen molar-refractivity contribution in [2.45, 2.75) is 53.4 Å².